The molecule has 146 valence electrons. The van der Waals surface area contributed by atoms with Gasteiger partial charge in [0, 0.05) is 44.0 Å². The lowest BCUT2D eigenvalue weighted by atomic mass is 10.3. The lowest BCUT2D eigenvalue weighted by molar-refractivity contribution is 0.0442. The first-order valence-electron chi connectivity index (χ1n) is 9.33. The van der Waals surface area contributed by atoms with Gasteiger partial charge in [-0.1, -0.05) is 6.07 Å². The summed E-state index contributed by atoms with van der Waals surface area (Å²) in [7, 11) is 0. The summed E-state index contributed by atoms with van der Waals surface area (Å²) in [6, 6.07) is 7.39. The molecule has 0 radical (unpaired) electrons. The van der Waals surface area contributed by atoms with E-state index in [0.717, 1.165) is 12.0 Å². The van der Waals surface area contributed by atoms with Gasteiger partial charge >= 0.3 is 6.03 Å². The Balaban J connectivity index is 1.39. The first kappa shape index (κ1) is 18.2. The third kappa shape index (κ3) is 4.55. The van der Waals surface area contributed by atoms with Crippen LogP contribution in [0.5, 0.6) is 0 Å². The SMILES string of the molecule is O=C(Nc1ccnn1Cc1cccnc1)N1CCCO[C@H](Cn2cccn2)C1. The number of urea groups is 1. The zero-order valence-corrected chi connectivity index (χ0v) is 15.5. The summed E-state index contributed by atoms with van der Waals surface area (Å²) in [6.07, 6.45) is 9.56. The molecule has 1 N–H and O–H groups in total. The van der Waals surface area contributed by atoms with Crippen molar-refractivity contribution in [2.45, 2.75) is 25.6 Å². The molecule has 1 aliphatic heterocycles. The highest BCUT2D eigenvalue weighted by atomic mass is 16.5. The Kier molecular flexibility index (Phi) is 5.62. The summed E-state index contributed by atoms with van der Waals surface area (Å²) < 4.78 is 9.47. The Labute approximate surface area is 162 Å². The fourth-order valence-corrected chi connectivity index (χ4v) is 3.23. The van der Waals surface area contributed by atoms with Gasteiger partial charge < -0.3 is 9.64 Å². The summed E-state index contributed by atoms with van der Waals surface area (Å²) in [5.41, 5.74) is 1.02. The average Bonchev–Trinajstić information content (AvgIpc) is 3.31. The number of aromatic nitrogens is 5. The van der Waals surface area contributed by atoms with E-state index in [9.17, 15) is 4.79 Å². The van der Waals surface area contributed by atoms with Crippen molar-refractivity contribution in [3.05, 3.63) is 60.8 Å². The number of hydrogen-bond acceptors (Lipinski definition) is 5. The molecular formula is C19H23N7O2. The number of pyridine rings is 1. The predicted molar refractivity (Wildman–Crippen MR) is 103 cm³/mol. The number of nitrogens with zero attached hydrogens (tertiary/aromatic N) is 6. The summed E-state index contributed by atoms with van der Waals surface area (Å²) in [5, 5.41) is 11.5. The summed E-state index contributed by atoms with van der Waals surface area (Å²) in [6.45, 7) is 2.96. The standard InChI is InChI=1S/C19H23N7O2/c27-19(23-18-5-8-22-26(18)13-16-4-1-6-20-12-16)24-9-3-11-28-17(14-24)15-25-10-2-7-21-25/h1-2,4-8,10,12,17H,3,9,11,13-15H2,(H,23,27)/t17-/m0/s1. The van der Waals surface area contributed by atoms with E-state index in [0.29, 0.717) is 38.6 Å². The summed E-state index contributed by atoms with van der Waals surface area (Å²) in [4.78, 5) is 18.8. The second-order valence-electron chi connectivity index (χ2n) is 6.69. The maximum absolute atomic E-state index is 12.9. The predicted octanol–water partition coefficient (Wildman–Crippen LogP) is 1.85. The zero-order valence-electron chi connectivity index (χ0n) is 15.5. The Hall–Kier alpha value is -3.20. The Morgan fingerprint density at radius 1 is 1.21 bits per heavy atom. The molecule has 2 amide bonds. The van der Waals surface area contributed by atoms with Crippen molar-refractivity contribution in [2.75, 3.05) is 25.0 Å². The minimum Gasteiger partial charge on any atom is -0.374 e. The van der Waals surface area contributed by atoms with Crippen LogP contribution in [0.3, 0.4) is 0 Å². The van der Waals surface area contributed by atoms with Gasteiger partial charge in [0.2, 0.25) is 0 Å². The molecule has 3 aromatic heterocycles. The molecule has 0 spiro atoms. The molecule has 9 heteroatoms. The Morgan fingerprint density at radius 3 is 3.00 bits per heavy atom. The molecule has 1 atom stereocenters. The van der Waals surface area contributed by atoms with Crippen molar-refractivity contribution >= 4 is 11.8 Å². The largest absolute Gasteiger partial charge is 0.374 e. The fraction of sp³-hybridized carbons (Fsp3) is 0.368. The number of hydrogen-bond donors (Lipinski definition) is 1. The van der Waals surface area contributed by atoms with Crippen LogP contribution in [0.2, 0.25) is 0 Å². The number of ether oxygens (including phenoxy) is 1. The van der Waals surface area contributed by atoms with E-state index in [-0.39, 0.29) is 12.1 Å². The number of nitrogens with one attached hydrogen (secondary N) is 1. The van der Waals surface area contributed by atoms with Crippen LogP contribution in [0.4, 0.5) is 10.6 Å². The molecule has 9 nitrogen and oxygen atoms in total. The molecule has 0 unspecified atom stereocenters. The van der Waals surface area contributed by atoms with Gasteiger partial charge in [0.15, 0.2) is 0 Å². The van der Waals surface area contributed by atoms with E-state index in [2.05, 4.69) is 20.5 Å². The molecule has 1 saturated heterocycles. The molecule has 4 rings (SSSR count). The van der Waals surface area contributed by atoms with E-state index in [1.54, 1.807) is 40.4 Å². The highest BCUT2D eigenvalue weighted by Gasteiger charge is 2.23. The molecule has 3 aromatic rings. The molecule has 0 aromatic carbocycles. The Morgan fingerprint density at radius 2 is 2.18 bits per heavy atom. The van der Waals surface area contributed by atoms with Gasteiger partial charge in [0.25, 0.3) is 0 Å². The van der Waals surface area contributed by atoms with Crippen LogP contribution in [0, 0.1) is 0 Å². The molecule has 4 heterocycles. The van der Waals surface area contributed by atoms with Crippen LogP contribution in [0.15, 0.2) is 55.2 Å². The van der Waals surface area contributed by atoms with E-state index < -0.39 is 0 Å². The van der Waals surface area contributed by atoms with Gasteiger partial charge in [-0.2, -0.15) is 10.2 Å². The Bertz CT molecular complexity index is 879. The molecule has 1 aliphatic rings. The van der Waals surface area contributed by atoms with Crippen LogP contribution in [0.1, 0.15) is 12.0 Å². The van der Waals surface area contributed by atoms with Crippen molar-refractivity contribution < 1.29 is 9.53 Å². The normalized spacial score (nSPS) is 17.3. The van der Waals surface area contributed by atoms with Crippen molar-refractivity contribution in [3.8, 4) is 0 Å². The van der Waals surface area contributed by atoms with Crippen LogP contribution < -0.4 is 5.32 Å². The zero-order chi connectivity index (χ0) is 19.2. The lowest BCUT2D eigenvalue weighted by Crippen LogP contribution is -2.41. The van der Waals surface area contributed by atoms with E-state index >= 15 is 0 Å². The number of rotatable bonds is 5. The van der Waals surface area contributed by atoms with Crippen LogP contribution in [-0.4, -0.2) is 61.3 Å². The van der Waals surface area contributed by atoms with Crippen molar-refractivity contribution in [1.82, 2.24) is 29.4 Å². The third-order valence-corrected chi connectivity index (χ3v) is 4.59. The van der Waals surface area contributed by atoms with E-state index in [1.165, 1.54) is 0 Å². The molecular weight excluding hydrogens is 358 g/mol. The van der Waals surface area contributed by atoms with E-state index in [4.69, 9.17) is 4.74 Å². The minimum atomic E-state index is -0.149. The molecule has 0 bridgehead atoms. The van der Waals surface area contributed by atoms with Crippen molar-refractivity contribution in [1.29, 1.82) is 0 Å². The van der Waals surface area contributed by atoms with E-state index in [1.807, 2.05) is 29.1 Å². The highest BCUT2D eigenvalue weighted by Crippen LogP contribution is 2.13. The minimum absolute atomic E-state index is 0.0894. The third-order valence-electron chi connectivity index (χ3n) is 4.59. The summed E-state index contributed by atoms with van der Waals surface area (Å²) >= 11 is 0. The van der Waals surface area contributed by atoms with Gasteiger partial charge in [0.1, 0.15) is 5.82 Å². The molecule has 0 aliphatic carbocycles. The summed E-state index contributed by atoms with van der Waals surface area (Å²) in [5.74, 6) is 0.655. The molecule has 28 heavy (non-hydrogen) atoms. The second-order valence-corrected chi connectivity index (χ2v) is 6.69. The van der Waals surface area contributed by atoms with Gasteiger partial charge in [-0.25, -0.2) is 9.48 Å². The number of amides is 2. The number of carbonyl (C=O) groups excluding carboxylic acids is 1. The number of carbonyl (C=O) groups is 1. The lowest BCUT2D eigenvalue weighted by Gasteiger charge is -2.24. The van der Waals surface area contributed by atoms with Gasteiger partial charge in [-0.05, 0) is 24.1 Å². The van der Waals surface area contributed by atoms with Crippen molar-refractivity contribution in [2.24, 2.45) is 0 Å². The van der Waals surface area contributed by atoms with Gasteiger partial charge in [0.05, 0.1) is 31.9 Å². The first-order chi connectivity index (χ1) is 13.8. The fourth-order valence-electron chi connectivity index (χ4n) is 3.23. The van der Waals surface area contributed by atoms with Crippen molar-refractivity contribution in [3.63, 3.8) is 0 Å². The van der Waals surface area contributed by atoms with Gasteiger partial charge in [-0.15, -0.1) is 0 Å². The smallest absolute Gasteiger partial charge is 0.323 e. The van der Waals surface area contributed by atoms with Crippen LogP contribution in [-0.2, 0) is 17.8 Å². The maximum Gasteiger partial charge on any atom is 0.323 e. The van der Waals surface area contributed by atoms with Crippen LogP contribution in [0.25, 0.3) is 0 Å². The molecule has 0 saturated carbocycles. The topological polar surface area (TPSA) is 90.1 Å². The molecule has 1 fully saturated rings. The highest BCUT2D eigenvalue weighted by molar-refractivity contribution is 5.88. The first-order valence-corrected chi connectivity index (χ1v) is 9.33. The average molecular weight is 381 g/mol. The van der Waals surface area contributed by atoms with Gasteiger partial charge in [-0.3, -0.25) is 15.0 Å². The monoisotopic (exact) mass is 381 g/mol. The second kappa shape index (κ2) is 8.66. The van der Waals surface area contributed by atoms with Crippen LogP contribution >= 0.6 is 0 Å². The quantitative estimate of drug-likeness (QED) is 0.728. The maximum atomic E-state index is 12.9. The number of anilines is 1.